The zero-order valence-electron chi connectivity index (χ0n) is 15.2. The minimum Gasteiger partial charge on any atom is -0.481 e. The topological polar surface area (TPSA) is 190 Å². The van der Waals surface area contributed by atoms with Gasteiger partial charge in [0.15, 0.2) is 0 Å². The molecule has 0 radical (unpaired) electrons. The summed E-state index contributed by atoms with van der Waals surface area (Å²) in [4.78, 5) is 43.3. The Hall–Kier alpha value is -2.95. The van der Waals surface area contributed by atoms with E-state index < -0.39 is 23.9 Å². The highest BCUT2D eigenvalue weighted by Gasteiger charge is 2.17. The number of hydrogen-bond acceptors (Lipinski definition) is 6. The van der Waals surface area contributed by atoms with Gasteiger partial charge in [-0.3, -0.25) is 19.2 Å². The molecule has 1 aromatic heterocycles. The van der Waals surface area contributed by atoms with E-state index in [-0.39, 0.29) is 0 Å². The quantitative estimate of drug-likeness (QED) is 0.414. The number of aliphatic carboxylic acids is 4. The fourth-order valence-electron chi connectivity index (χ4n) is 1.39. The van der Waals surface area contributed by atoms with Gasteiger partial charge in [0.25, 0.3) is 23.9 Å². The Labute approximate surface area is 151 Å². The van der Waals surface area contributed by atoms with E-state index in [0.717, 1.165) is 40.1 Å². The number of H-pyrrole nitrogens is 1. The Bertz CT molecular complexity index is 447. The highest BCUT2D eigenvalue weighted by molar-refractivity contribution is 5.63. The maximum Gasteiger partial charge on any atom is 0.300 e. The molecule has 1 atom stereocenters. The number of carboxylic acids is 4. The van der Waals surface area contributed by atoms with E-state index in [0.29, 0.717) is 6.04 Å². The van der Waals surface area contributed by atoms with Crippen LogP contribution in [0.3, 0.4) is 0 Å². The number of rotatable bonds is 1. The van der Waals surface area contributed by atoms with Gasteiger partial charge >= 0.3 is 0 Å². The highest BCUT2D eigenvalue weighted by atomic mass is 16.4. The van der Waals surface area contributed by atoms with Crippen molar-refractivity contribution in [2.75, 3.05) is 6.54 Å². The molecule has 11 heteroatoms. The van der Waals surface area contributed by atoms with E-state index in [2.05, 4.69) is 15.3 Å². The van der Waals surface area contributed by atoms with Crippen molar-refractivity contribution in [3.8, 4) is 0 Å². The zero-order chi connectivity index (χ0) is 21.1. The Morgan fingerprint density at radius 1 is 0.923 bits per heavy atom. The Morgan fingerprint density at radius 3 is 1.54 bits per heavy atom. The van der Waals surface area contributed by atoms with Crippen molar-refractivity contribution in [1.82, 2.24) is 15.3 Å². The fraction of sp³-hybridized carbons (Fsp3) is 0.533. The van der Waals surface area contributed by atoms with Gasteiger partial charge in [0, 0.05) is 40.1 Å². The highest BCUT2D eigenvalue weighted by Crippen LogP contribution is 2.18. The first kappa shape index (κ1) is 27.9. The van der Waals surface area contributed by atoms with E-state index in [1.54, 1.807) is 6.20 Å². The lowest BCUT2D eigenvalue weighted by atomic mass is 10.2. The number of carbonyl (C=O) groups is 4. The van der Waals surface area contributed by atoms with Gasteiger partial charge in [-0.2, -0.15) is 0 Å². The Kier molecular flexibility index (Phi) is 19.7. The van der Waals surface area contributed by atoms with E-state index in [1.165, 1.54) is 12.8 Å². The summed E-state index contributed by atoms with van der Waals surface area (Å²) in [6, 6.07) is 0.481. The van der Waals surface area contributed by atoms with Crippen LogP contribution in [0.5, 0.6) is 0 Å². The smallest absolute Gasteiger partial charge is 0.300 e. The zero-order valence-corrected chi connectivity index (χ0v) is 15.2. The van der Waals surface area contributed by atoms with Gasteiger partial charge in [-0.15, -0.1) is 0 Å². The number of hydrogen-bond donors (Lipinski definition) is 6. The van der Waals surface area contributed by atoms with Crippen LogP contribution >= 0.6 is 0 Å². The van der Waals surface area contributed by atoms with E-state index in [9.17, 15) is 0 Å². The molecule has 150 valence electrons. The molecule has 0 unspecified atom stereocenters. The molecule has 1 fully saturated rings. The molecule has 0 spiro atoms. The van der Waals surface area contributed by atoms with Gasteiger partial charge in [0.05, 0.1) is 6.04 Å². The van der Waals surface area contributed by atoms with Crippen LogP contribution in [-0.2, 0) is 19.2 Å². The second-order valence-corrected chi connectivity index (χ2v) is 4.70. The van der Waals surface area contributed by atoms with Crippen LogP contribution in [0.2, 0.25) is 0 Å². The van der Waals surface area contributed by atoms with Crippen molar-refractivity contribution >= 4 is 23.9 Å². The molecule has 1 aliphatic heterocycles. The monoisotopic (exact) mass is 377 g/mol. The SMILES string of the molecule is CC(=O)O.CC(=O)O.CC(=O)O.CC(=O)O.c1c[nH]c([C@@H]2CCCN2)n1. The summed E-state index contributed by atoms with van der Waals surface area (Å²) in [5, 5.41) is 33.0. The molecule has 0 aromatic carbocycles. The van der Waals surface area contributed by atoms with Gasteiger partial charge in [0.1, 0.15) is 5.82 Å². The van der Waals surface area contributed by atoms with E-state index in [1.807, 2.05) is 6.20 Å². The summed E-state index contributed by atoms with van der Waals surface area (Å²) in [6.45, 7) is 5.46. The number of imidazole rings is 1. The molecule has 0 bridgehead atoms. The lowest BCUT2D eigenvalue weighted by Gasteiger charge is -2.04. The summed E-state index contributed by atoms with van der Waals surface area (Å²) in [7, 11) is 0. The van der Waals surface area contributed by atoms with Crippen LogP contribution in [0.25, 0.3) is 0 Å². The van der Waals surface area contributed by atoms with E-state index in [4.69, 9.17) is 39.6 Å². The maximum atomic E-state index is 9.00. The Morgan fingerprint density at radius 2 is 1.31 bits per heavy atom. The third-order valence-corrected chi connectivity index (χ3v) is 1.91. The van der Waals surface area contributed by atoms with Crippen LogP contribution in [0.1, 0.15) is 52.4 Å². The van der Waals surface area contributed by atoms with Crippen LogP contribution in [0.4, 0.5) is 0 Å². The number of nitrogens with one attached hydrogen (secondary N) is 2. The standard InChI is InChI=1S/C7H11N3.4C2H4O2/c1-2-6(8-3-1)7-9-4-5-10-7;4*1-2(3)4/h4-6,8H,1-3H2,(H,9,10);4*1H3,(H,3,4)/t6-;;;;/m0..../s1. The van der Waals surface area contributed by atoms with Gasteiger partial charge in [-0.25, -0.2) is 4.98 Å². The third kappa shape index (κ3) is 37.4. The number of carboxylic acid groups (broad SMARTS) is 4. The molecule has 0 saturated carbocycles. The molecule has 26 heavy (non-hydrogen) atoms. The predicted octanol–water partition coefficient (Wildman–Crippen LogP) is 1.20. The largest absolute Gasteiger partial charge is 0.481 e. The molecule has 0 amide bonds. The van der Waals surface area contributed by atoms with Crippen molar-refractivity contribution in [3.05, 3.63) is 18.2 Å². The summed E-state index contributed by atoms with van der Waals surface area (Å²) < 4.78 is 0. The van der Waals surface area contributed by atoms with Crippen LogP contribution in [-0.4, -0.2) is 60.8 Å². The van der Waals surface area contributed by atoms with Gasteiger partial charge in [0.2, 0.25) is 0 Å². The van der Waals surface area contributed by atoms with Crippen molar-refractivity contribution in [2.45, 2.75) is 46.6 Å². The van der Waals surface area contributed by atoms with Gasteiger partial charge in [-0.05, 0) is 19.4 Å². The summed E-state index contributed by atoms with van der Waals surface area (Å²) >= 11 is 0. The molecule has 2 rings (SSSR count). The summed E-state index contributed by atoms with van der Waals surface area (Å²) in [5.41, 5.74) is 0. The first-order valence-corrected chi connectivity index (χ1v) is 7.40. The average molecular weight is 377 g/mol. The molecule has 6 N–H and O–H groups in total. The van der Waals surface area contributed by atoms with Gasteiger partial charge < -0.3 is 30.7 Å². The van der Waals surface area contributed by atoms with Crippen molar-refractivity contribution < 1.29 is 39.6 Å². The van der Waals surface area contributed by atoms with Crippen LogP contribution in [0.15, 0.2) is 12.4 Å². The summed E-state index contributed by atoms with van der Waals surface area (Å²) in [6.07, 6.45) is 6.16. The van der Waals surface area contributed by atoms with E-state index >= 15 is 0 Å². The number of aromatic nitrogens is 2. The molecular formula is C15H27N3O8. The molecule has 1 aliphatic rings. The Balaban J connectivity index is -0.000000284. The second-order valence-electron chi connectivity index (χ2n) is 4.70. The minimum atomic E-state index is -0.833. The lowest BCUT2D eigenvalue weighted by Crippen LogP contribution is -2.13. The van der Waals surface area contributed by atoms with Crippen molar-refractivity contribution in [2.24, 2.45) is 0 Å². The van der Waals surface area contributed by atoms with Crippen LogP contribution < -0.4 is 5.32 Å². The molecular weight excluding hydrogens is 350 g/mol. The van der Waals surface area contributed by atoms with Crippen molar-refractivity contribution in [1.29, 1.82) is 0 Å². The first-order valence-electron chi connectivity index (χ1n) is 7.40. The third-order valence-electron chi connectivity index (χ3n) is 1.91. The van der Waals surface area contributed by atoms with Crippen molar-refractivity contribution in [3.63, 3.8) is 0 Å². The molecule has 2 heterocycles. The predicted molar refractivity (Wildman–Crippen MR) is 91.8 cm³/mol. The fourth-order valence-corrected chi connectivity index (χ4v) is 1.39. The first-order chi connectivity index (χ1) is 11.9. The lowest BCUT2D eigenvalue weighted by molar-refractivity contribution is -0.135. The van der Waals surface area contributed by atoms with Gasteiger partial charge in [-0.1, -0.05) is 0 Å². The molecule has 1 aromatic rings. The normalized spacial score (nSPS) is 13.6. The maximum absolute atomic E-state index is 9.00. The minimum absolute atomic E-state index is 0.481. The summed E-state index contributed by atoms with van der Waals surface area (Å²) in [5.74, 6) is -2.25. The number of nitrogens with zero attached hydrogens (tertiary/aromatic N) is 1. The molecule has 0 aliphatic carbocycles. The second kappa shape index (κ2) is 18.4. The molecule has 1 saturated heterocycles. The molecule has 11 nitrogen and oxygen atoms in total. The number of aromatic amines is 1. The average Bonchev–Trinajstić information content (AvgIpc) is 3.10. The van der Waals surface area contributed by atoms with Crippen LogP contribution in [0, 0.1) is 0 Å².